The van der Waals surface area contributed by atoms with Crippen molar-refractivity contribution in [2.45, 2.75) is 49.7 Å². The van der Waals surface area contributed by atoms with Crippen LogP contribution in [0.25, 0.3) is 26.5 Å². The van der Waals surface area contributed by atoms with Crippen LogP contribution >= 0.6 is 34.7 Å². The minimum Gasteiger partial charge on any atom is -0.489 e. The molecule has 44 heavy (non-hydrogen) atoms. The molecule has 1 aliphatic rings. The number of amides is 1. The molecule has 9 nitrogen and oxygen atoms in total. The second-order valence-electron chi connectivity index (χ2n) is 11.0. The molecule has 0 radical (unpaired) electrons. The fourth-order valence-corrected chi connectivity index (χ4v) is 6.57. The Balaban J connectivity index is 1.32. The minimum absolute atomic E-state index is 0.0603. The summed E-state index contributed by atoms with van der Waals surface area (Å²) in [6, 6.07) is 16.9. The van der Waals surface area contributed by atoms with Crippen LogP contribution < -0.4 is 10.5 Å². The number of rotatable bonds is 7. The van der Waals surface area contributed by atoms with Gasteiger partial charge in [-0.1, -0.05) is 47.6 Å². The number of anilines is 1. The molecule has 3 heterocycles. The molecule has 1 amide bonds. The van der Waals surface area contributed by atoms with Gasteiger partial charge in [-0.2, -0.15) is 5.26 Å². The van der Waals surface area contributed by atoms with Crippen LogP contribution in [0.4, 0.5) is 16.3 Å². The lowest BCUT2D eigenvalue weighted by Gasteiger charge is -2.24. The molecule has 5 rings (SSSR count). The smallest absolute Gasteiger partial charge is 0.410 e. The van der Waals surface area contributed by atoms with Crippen molar-refractivity contribution < 1.29 is 14.3 Å². The third kappa shape index (κ3) is 7.25. The Hall–Kier alpha value is -4.29. The van der Waals surface area contributed by atoms with Gasteiger partial charge in [0.2, 0.25) is 5.69 Å². The number of nitrogen functional groups attached to an aromatic ring is 1. The lowest BCUT2D eigenvalue weighted by molar-refractivity contribution is 0.0275. The number of hydrogen-bond acceptors (Lipinski definition) is 9. The number of hydrogen-bond donors (Lipinski definition) is 1. The van der Waals surface area contributed by atoms with Crippen LogP contribution in [0.5, 0.6) is 5.75 Å². The largest absolute Gasteiger partial charge is 0.489 e. The Bertz CT molecular complexity index is 1760. The Labute approximate surface area is 269 Å². The molecular weight excluding hydrogens is 616 g/mol. The predicted molar refractivity (Wildman–Crippen MR) is 174 cm³/mol. The van der Waals surface area contributed by atoms with Crippen molar-refractivity contribution in [2.24, 2.45) is 0 Å². The number of nitriles is 1. The molecule has 4 aromatic rings. The van der Waals surface area contributed by atoms with Crippen LogP contribution in [0, 0.1) is 17.9 Å². The van der Waals surface area contributed by atoms with Gasteiger partial charge in [-0.15, -0.1) is 11.3 Å². The lowest BCUT2D eigenvalue weighted by Crippen LogP contribution is -2.36. The minimum atomic E-state index is -0.560. The maximum atomic E-state index is 12.4. The van der Waals surface area contributed by atoms with Crippen molar-refractivity contribution in [1.29, 1.82) is 5.26 Å². The van der Waals surface area contributed by atoms with Crippen LogP contribution in [0.2, 0.25) is 5.02 Å². The summed E-state index contributed by atoms with van der Waals surface area (Å²) in [5.41, 5.74) is 8.97. The van der Waals surface area contributed by atoms with Gasteiger partial charge in [0.05, 0.1) is 24.4 Å². The summed E-state index contributed by atoms with van der Waals surface area (Å²) >= 11 is 8.88. The molecule has 1 aliphatic heterocycles. The molecule has 0 aliphatic carbocycles. The second kappa shape index (κ2) is 13.1. The fraction of sp³-hybridized carbons (Fsp3) is 0.281. The molecule has 0 bridgehead atoms. The van der Waals surface area contributed by atoms with Crippen LogP contribution in [0.1, 0.15) is 38.4 Å². The zero-order chi connectivity index (χ0) is 31.4. The molecule has 0 saturated carbocycles. The number of carbonyl (C=O) groups excluding carboxylic acids is 1. The van der Waals surface area contributed by atoms with Crippen molar-refractivity contribution in [3.63, 3.8) is 0 Å². The maximum absolute atomic E-state index is 12.4. The van der Waals surface area contributed by atoms with Gasteiger partial charge in [0, 0.05) is 40.2 Å². The molecular formula is C32H29ClN6O3S2. The van der Waals surface area contributed by atoms with E-state index < -0.39 is 5.60 Å². The van der Waals surface area contributed by atoms with E-state index in [9.17, 15) is 10.1 Å². The molecule has 2 aromatic carbocycles. The van der Waals surface area contributed by atoms with Gasteiger partial charge in [-0.05, 0) is 50.6 Å². The van der Waals surface area contributed by atoms with E-state index in [0.29, 0.717) is 52.2 Å². The first-order chi connectivity index (χ1) is 21.0. The highest BCUT2D eigenvalue weighted by atomic mass is 35.5. The average Bonchev–Trinajstić information content (AvgIpc) is 3.66. The number of thiazole rings is 1. The topological polar surface area (TPSA) is 119 Å². The van der Waals surface area contributed by atoms with Gasteiger partial charge in [0.25, 0.3) is 0 Å². The van der Waals surface area contributed by atoms with Crippen LogP contribution in [0.15, 0.2) is 58.9 Å². The first-order valence-corrected chi connectivity index (χ1v) is 16.0. The van der Waals surface area contributed by atoms with Crippen LogP contribution in [-0.2, 0) is 10.5 Å². The van der Waals surface area contributed by atoms with Crippen LogP contribution in [0.3, 0.4) is 0 Å². The zero-order valence-corrected chi connectivity index (χ0v) is 26.7. The Morgan fingerprint density at radius 2 is 1.91 bits per heavy atom. The normalized spacial score (nSPS) is 14.6. The molecule has 1 unspecified atom stereocenters. The summed E-state index contributed by atoms with van der Waals surface area (Å²) in [4.78, 5) is 26.8. The molecule has 12 heteroatoms. The van der Waals surface area contributed by atoms with Gasteiger partial charge in [-0.3, -0.25) is 0 Å². The van der Waals surface area contributed by atoms with Gasteiger partial charge < -0.3 is 20.1 Å². The number of nitrogens with two attached hydrogens (primary N) is 1. The van der Waals surface area contributed by atoms with Crippen molar-refractivity contribution in [3.05, 3.63) is 81.6 Å². The molecule has 2 aromatic heterocycles. The van der Waals surface area contributed by atoms with E-state index in [1.807, 2.05) is 50.4 Å². The third-order valence-electron chi connectivity index (χ3n) is 6.63. The van der Waals surface area contributed by atoms with Gasteiger partial charge in [-0.25, -0.2) is 19.6 Å². The summed E-state index contributed by atoms with van der Waals surface area (Å²) in [6.45, 7) is 14.3. The molecule has 224 valence electrons. The molecule has 1 fully saturated rings. The predicted octanol–water partition coefficient (Wildman–Crippen LogP) is 8.21. The van der Waals surface area contributed by atoms with E-state index in [1.165, 1.54) is 23.1 Å². The monoisotopic (exact) mass is 644 g/mol. The lowest BCUT2D eigenvalue weighted by atomic mass is 10.00. The highest BCUT2D eigenvalue weighted by molar-refractivity contribution is 7.98. The summed E-state index contributed by atoms with van der Waals surface area (Å²) in [5, 5.41) is 14.1. The van der Waals surface area contributed by atoms with E-state index in [-0.39, 0.29) is 29.3 Å². The highest BCUT2D eigenvalue weighted by Crippen LogP contribution is 2.42. The van der Waals surface area contributed by atoms with E-state index in [2.05, 4.69) is 15.9 Å². The highest BCUT2D eigenvalue weighted by Gasteiger charge is 2.31. The van der Waals surface area contributed by atoms with Crippen molar-refractivity contribution in [2.75, 3.05) is 18.8 Å². The second-order valence-corrected chi connectivity index (χ2v) is 13.3. The number of halogens is 1. The molecule has 0 spiro atoms. The van der Waals surface area contributed by atoms with Gasteiger partial charge >= 0.3 is 6.09 Å². The Kier molecular flexibility index (Phi) is 9.31. The Morgan fingerprint density at radius 1 is 1.20 bits per heavy atom. The van der Waals surface area contributed by atoms with Gasteiger partial charge in [0.1, 0.15) is 39.4 Å². The molecule has 1 atom stereocenters. The van der Waals surface area contributed by atoms with Gasteiger partial charge in [0.15, 0.2) is 0 Å². The first kappa shape index (κ1) is 31.1. The van der Waals surface area contributed by atoms with E-state index >= 15 is 0 Å². The first-order valence-electron chi connectivity index (χ1n) is 13.7. The number of carbonyl (C=O) groups is 1. The van der Waals surface area contributed by atoms with E-state index in [4.69, 9.17) is 38.4 Å². The SMILES string of the molecule is [C-]#[N+]c1c(N)nc(SCc2csc(-c3ccc(Cl)cc3)n2)c(C#N)c1-c1ccc(OC2CCN(C(=O)OC(C)(C)C)C2)cc1. The Morgan fingerprint density at radius 3 is 2.57 bits per heavy atom. The number of aromatic nitrogens is 2. The molecule has 2 N–H and O–H groups in total. The fourth-order valence-electron chi connectivity index (χ4n) is 4.62. The van der Waals surface area contributed by atoms with Crippen LogP contribution in [-0.4, -0.2) is 45.8 Å². The van der Waals surface area contributed by atoms with E-state index in [0.717, 1.165) is 16.3 Å². The number of pyridine rings is 1. The summed E-state index contributed by atoms with van der Waals surface area (Å²) in [6.07, 6.45) is 0.158. The standard InChI is InChI=1S/C32H29ClN6O3S2/c1-32(2,3)42-31(40)39-14-13-24(16-39)41-23-11-7-19(8-12-23)26-25(15-34)30(38-28(35)27(26)36-4)44-18-22-17-43-29(37-22)20-5-9-21(33)10-6-20/h5-12,17,24H,13-14,16,18H2,1-3H3,(H2,35,38). The quantitative estimate of drug-likeness (QED) is 0.158. The average molecular weight is 645 g/mol. The number of nitrogens with zero attached hydrogens (tertiary/aromatic N) is 5. The van der Waals surface area contributed by atoms with Crippen molar-refractivity contribution in [1.82, 2.24) is 14.9 Å². The molecule has 1 saturated heterocycles. The maximum Gasteiger partial charge on any atom is 0.410 e. The number of benzene rings is 2. The number of likely N-dealkylation sites (tertiary alicyclic amines) is 1. The number of thioether (sulfide) groups is 1. The van der Waals surface area contributed by atoms with Crippen molar-refractivity contribution >= 4 is 52.3 Å². The number of ether oxygens (including phenoxy) is 2. The van der Waals surface area contributed by atoms with E-state index in [1.54, 1.807) is 29.2 Å². The zero-order valence-electron chi connectivity index (χ0n) is 24.3. The summed E-state index contributed by atoms with van der Waals surface area (Å²) in [5.74, 6) is 1.14. The summed E-state index contributed by atoms with van der Waals surface area (Å²) < 4.78 is 11.6. The van der Waals surface area contributed by atoms with Crippen molar-refractivity contribution in [3.8, 4) is 33.5 Å². The third-order valence-corrected chi connectivity index (χ3v) is 8.83. The summed E-state index contributed by atoms with van der Waals surface area (Å²) in [7, 11) is 0.